The van der Waals surface area contributed by atoms with Crippen molar-refractivity contribution in [2.45, 2.75) is 75.6 Å². The fourth-order valence-electron chi connectivity index (χ4n) is 5.22. The molecule has 0 aromatic carbocycles. The SMILES string of the molecule is COC(=O)NC1CN(C(=O)O[C@@H]2CC[C@]3(CO3)C([C@@]3(C)O[C@@H]3CC=C(C)C)[C@@H]2OC)C1. The molecule has 6 atom stereocenters. The Kier molecular flexibility index (Phi) is 5.95. The highest BCUT2D eigenvalue weighted by molar-refractivity contribution is 5.71. The molecule has 174 valence electrons. The van der Waals surface area contributed by atoms with Gasteiger partial charge in [0.25, 0.3) is 0 Å². The molecule has 9 nitrogen and oxygen atoms in total. The van der Waals surface area contributed by atoms with Crippen molar-refractivity contribution in [2.75, 3.05) is 33.9 Å². The number of alkyl carbamates (subject to hydrolysis) is 1. The topological polar surface area (TPSA) is 102 Å². The molecule has 2 amide bonds. The first-order valence-electron chi connectivity index (χ1n) is 11.0. The Morgan fingerprint density at radius 2 is 1.97 bits per heavy atom. The summed E-state index contributed by atoms with van der Waals surface area (Å²) in [6.45, 7) is 7.79. The van der Waals surface area contributed by atoms with E-state index in [9.17, 15) is 9.59 Å². The van der Waals surface area contributed by atoms with E-state index >= 15 is 0 Å². The minimum atomic E-state index is -0.498. The van der Waals surface area contributed by atoms with Gasteiger partial charge < -0.3 is 33.9 Å². The van der Waals surface area contributed by atoms with Gasteiger partial charge in [-0.15, -0.1) is 0 Å². The van der Waals surface area contributed by atoms with Gasteiger partial charge in [-0.2, -0.15) is 0 Å². The van der Waals surface area contributed by atoms with E-state index in [2.05, 4.69) is 36.9 Å². The highest BCUT2D eigenvalue weighted by Gasteiger charge is 2.72. The van der Waals surface area contributed by atoms with Crippen LogP contribution in [0.1, 0.15) is 40.0 Å². The molecule has 3 saturated heterocycles. The lowest BCUT2D eigenvalue weighted by Gasteiger charge is -2.44. The summed E-state index contributed by atoms with van der Waals surface area (Å²) in [5.41, 5.74) is 0.661. The fraction of sp³-hybridized carbons (Fsp3) is 0.818. The first-order chi connectivity index (χ1) is 14.7. The highest BCUT2D eigenvalue weighted by Crippen LogP contribution is 2.59. The van der Waals surface area contributed by atoms with Crippen molar-refractivity contribution in [3.8, 4) is 0 Å². The van der Waals surface area contributed by atoms with Crippen LogP contribution < -0.4 is 5.32 Å². The normalized spacial score (nSPS) is 38.8. The minimum absolute atomic E-state index is 0.00255. The summed E-state index contributed by atoms with van der Waals surface area (Å²) in [7, 11) is 2.98. The number of rotatable bonds is 6. The van der Waals surface area contributed by atoms with E-state index in [1.807, 2.05) is 0 Å². The molecule has 1 spiro atoms. The summed E-state index contributed by atoms with van der Waals surface area (Å²) in [6, 6.07) is -0.116. The molecule has 0 bridgehead atoms. The van der Waals surface area contributed by atoms with Gasteiger partial charge in [0.2, 0.25) is 0 Å². The lowest BCUT2D eigenvalue weighted by Crippen LogP contribution is -2.62. The number of likely N-dealkylation sites (tertiary alicyclic amines) is 1. The van der Waals surface area contributed by atoms with Crippen molar-refractivity contribution in [2.24, 2.45) is 5.92 Å². The van der Waals surface area contributed by atoms with Crippen LogP contribution in [0.25, 0.3) is 0 Å². The van der Waals surface area contributed by atoms with E-state index in [-0.39, 0.29) is 47.6 Å². The van der Waals surface area contributed by atoms with Crippen molar-refractivity contribution in [3.05, 3.63) is 11.6 Å². The summed E-state index contributed by atoms with van der Waals surface area (Å²) in [5, 5.41) is 2.68. The summed E-state index contributed by atoms with van der Waals surface area (Å²) in [5.74, 6) is -0.00255. The first kappa shape index (κ1) is 22.4. The van der Waals surface area contributed by atoms with Gasteiger partial charge >= 0.3 is 12.2 Å². The lowest BCUT2D eigenvalue weighted by atomic mass is 9.68. The number of epoxide rings is 2. The van der Waals surface area contributed by atoms with Crippen molar-refractivity contribution in [3.63, 3.8) is 0 Å². The molecule has 4 rings (SSSR count). The van der Waals surface area contributed by atoms with Crippen LogP contribution in [0.4, 0.5) is 9.59 Å². The predicted octanol–water partition coefficient (Wildman–Crippen LogP) is 2.24. The van der Waals surface area contributed by atoms with Gasteiger partial charge in [0.05, 0.1) is 31.8 Å². The second kappa shape index (κ2) is 8.26. The van der Waals surface area contributed by atoms with Crippen molar-refractivity contribution in [1.82, 2.24) is 10.2 Å². The molecule has 1 N–H and O–H groups in total. The first-order valence-corrected chi connectivity index (χ1v) is 11.0. The van der Waals surface area contributed by atoms with Crippen LogP contribution in [-0.2, 0) is 23.7 Å². The lowest BCUT2D eigenvalue weighted by molar-refractivity contribution is -0.123. The van der Waals surface area contributed by atoms with E-state index in [1.165, 1.54) is 12.7 Å². The molecule has 0 aromatic rings. The van der Waals surface area contributed by atoms with E-state index in [0.29, 0.717) is 26.1 Å². The van der Waals surface area contributed by atoms with Crippen LogP contribution in [-0.4, -0.2) is 86.6 Å². The van der Waals surface area contributed by atoms with E-state index in [0.717, 1.165) is 12.8 Å². The number of nitrogens with one attached hydrogen (secondary N) is 1. The third kappa shape index (κ3) is 4.27. The monoisotopic (exact) mass is 438 g/mol. The Hall–Kier alpha value is -1.84. The molecule has 3 aliphatic heterocycles. The Morgan fingerprint density at radius 3 is 2.55 bits per heavy atom. The molecule has 9 heteroatoms. The van der Waals surface area contributed by atoms with E-state index in [1.54, 1.807) is 12.0 Å². The Bertz CT molecular complexity index is 742. The number of carbonyl (C=O) groups excluding carboxylic acids is 2. The van der Waals surface area contributed by atoms with Crippen LogP contribution in [0.3, 0.4) is 0 Å². The van der Waals surface area contributed by atoms with Crippen LogP contribution in [0.15, 0.2) is 11.6 Å². The van der Waals surface area contributed by atoms with Gasteiger partial charge in [-0.25, -0.2) is 9.59 Å². The van der Waals surface area contributed by atoms with Gasteiger partial charge in [-0.1, -0.05) is 11.6 Å². The number of hydrogen-bond donors (Lipinski definition) is 1. The zero-order chi connectivity index (χ0) is 22.4. The predicted molar refractivity (Wildman–Crippen MR) is 111 cm³/mol. The van der Waals surface area contributed by atoms with Gasteiger partial charge in [0, 0.05) is 20.2 Å². The smallest absolute Gasteiger partial charge is 0.410 e. The standard InChI is InChI=1S/C22H34N2O7/c1-13(2)6-7-16-21(3,31-16)18-17(27-4)15(8-9-22(18)12-29-22)30-20(26)24-10-14(11-24)23-19(25)28-5/h6,14-18H,7-12H2,1-5H3,(H,23,25)/t15-,16-,17-,18?,21+,22+/m1/s1. The fourth-order valence-corrected chi connectivity index (χ4v) is 5.22. The zero-order valence-corrected chi connectivity index (χ0v) is 19.0. The second-order valence-corrected chi connectivity index (χ2v) is 9.54. The molecule has 31 heavy (non-hydrogen) atoms. The van der Waals surface area contributed by atoms with Crippen molar-refractivity contribution in [1.29, 1.82) is 0 Å². The maximum Gasteiger partial charge on any atom is 0.410 e. The summed E-state index contributed by atoms with van der Waals surface area (Å²) in [4.78, 5) is 25.5. The van der Waals surface area contributed by atoms with Gasteiger partial charge in [-0.05, 0) is 40.0 Å². The van der Waals surface area contributed by atoms with Crippen LogP contribution in [0.5, 0.6) is 0 Å². The molecule has 4 aliphatic rings. The Labute approximate surface area is 183 Å². The van der Waals surface area contributed by atoms with Crippen LogP contribution >= 0.6 is 0 Å². The minimum Gasteiger partial charge on any atom is -0.453 e. The largest absolute Gasteiger partial charge is 0.453 e. The number of amides is 2. The number of nitrogens with zero attached hydrogens (tertiary/aromatic N) is 1. The molecular weight excluding hydrogens is 404 g/mol. The van der Waals surface area contributed by atoms with Crippen LogP contribution in [0, 0.1) is 5.92 Å². The quantitative estimate of drug-likeness (QED) is 0.501. The third-order valence-electron chi connectivity index (χ3n) is 7.14. The Morgan fingerprint density at radius 1 is 1.26 bits per heavy atom. The maximum atomic E-state index is 12.7. The average Bonchev–Trinajstić information content (AvgIpc) is 3.61. The van der Waals surface area contributed by atoms with Crippen LogP contribution in [0.2, 0.25) is 0 Å². The number of methoxy groups -OCH3 is 2. The van der Waals surface area contributed by atoms with E-state index in [4.69, 9.17) is 18.9 Å². The molecule has 1 aliphatic carbocycles. The molecule has 1 unspecified atom stereocenters. The Balaban J connectivity index is 1.38. The molecule has 1 saturated carbocycles. The van der Waals surface area contributed by atoms with Crippen molar-refractivity contribution >= 4 is 12.2 Å². The average molecular weight is 439 g/mol. The molecule has 4 fully saturated rings. The number of hydrogen-bond acceptors (Lipinski definition) is 7. The highest BCUT2D eigenvalue weighted by atomic mass is 16.6. The number of allylic oxidation sites excluding steroid dienone is 1. The van der Waals surface area contributed by atoms with Crippen molar-refractivity contribution < 1.29 is 33.3 Å². The maximum absolute atomic E-state index is 12.7. The third-order valence-corrected chi connectivity index (χ3v) is 7.14. The van der Waals surface area contributed by atoms with E-state index < -0.39 is 6.09 Å². The molecular formula is C22H34N2O7. The van der Waals surface area contributed by atoms with Gasteiger partial charge in [0.1, 0.15) is 23.4 Å². The zero-order valence-electron chi connectivity index (χ0n) is 19.0. The number of ether oxygens (including phenoxy) is 5. The van der Waals surface area contributed by atoms with Gasteiger partial charge in [0.15, 0.2) is 0 Å². The second-order valence-electron chi connectivity index (χ2n) is 9.54. The summed E-state index contributed by atoms with van der Waals surface area (Å²) >= 11 is 0. The molecule has 0 aromatic heterocycles. The summed E-state index contributed by atoms with van der Waals surface area (Å²) < 4.78 is 28.5. The summed E-state index contributed by atoms with van der Waals surface area (Å²) in [6.07, 6.45) is 3.12. The van der Waals surface area contributed by atoms with Gasteiger partial charge in [-0.3, -0.25) is 0 Å². The number of carbonyl (C=O) groups is 2. The molecule has 3 heterocycles. The molecule has 0 radical (unpaired) electrons.